The molecular formula is C15H21N3O2S. The van der Waals surface area contributed by atoms with E-state index in [4.69, 9.17) is 5.11 Å². The predicted molar refractivity (Wildman–Crippen MR) is 85.5 cm³/mol. The number of hydrogen-bond acceptors (Lipinski definition) is 5. The Morgan fingerprint density at radius 1 is 1.43 bits per heavy atom. The minimum Gasteiger partial charge on any atom is -0.395 e. The Bertz CT molecular complexity index is 552. The maximum absolute atomic E-state index is 11.8. The van der Waals surface area contributed by atoms with Gasteiger partial charge in [0, 0.05) is 19.5 Å². The molecule has 5 nitrogen and oxygen atoms in total. The molecule has 21 heavy (non-hydrogen) atoms. The van der Waals surface area contributed by atoms with Gasteiger partial charge in [0.2, 0.25) is 5.91 Å². The van der Waals surface area contributed by atoms with Gasteiger partial charge in [-0.25, -0.2) is 4.98 Å². The molecule has 6 heteroatoms. The zero-order valence-corrected chi connectivity index (χ0v) is 13.0. The molecule has 0 saturated heterocycles. The van der Waals surface area contributed by atoms with Crippen molar-refractivity contribution in [1.82, 2.24) is 15.2 Å². The van der Waals surface area contributed by atoms with Crippen LogP contribution < -0.4 is 5.32 Å². The Labute approximate surface area is 128 Å². The second-order valence-corrected chi connectivity index (χ2v) is 5.88. The van der Waals surface area contributed by atoms with Crippen LogP contribution in [-0.4, -0.2) is 53.7 Å². The molecule has 1 heterocycles. The highest BCUT2D eigenvalue weighted by molar-refractivity contribution is 7.18. The quantitative estimate of drug-likeness (QED) is 0.771. The van der Waals surface area contributed by atoms with Gasteiger partial charge in [-0.1, -0.05) is 19.1 Å². The fraction of sp³-hybridized carbons (Fsp3) is 0.467. The van der Waals surface area contributed by atoms with Crippen molar-refractivity contribution in [3.8, 4) is 0 Å². The molecule has 0 saturated carbocycles. The molecule has 1 aromatic heterocycles. The summed E-state index contributed by atoms with van der Waals surface area (Å²) in [6.07, 6.45) is 0.747. The molecule has 0 spiro atoms. The topological polar surface area (TPSA) is 65.5 Å². The first kappa shape index (κ1) is 15.9. The Kier molecular flexibility index (Phi) is 6.10. The van der Waals surface area contributed by atoms with Crippen molar-refractivity contribution >= 4 is 27.5 Å². The summed E-state index contributed by atoms with van der Waals surface area (Å²) in [7, 11) is 0. The van der Waals surface area contributed by atoms with Crippen LogP contribution in [0.3, 0.4) is 0 Å². The molecule has 1 amide bonds. The predicted octanol–water partition coefficient (Wildman–Crippen LogP) is 1.27. The van der Waals surface area contributed by atoms with Gasteiger partial charge in [0.25, 0.3) is 0 Å². The van der Waals surface area contributed by atoms with Gasteiger partial charge in [-0.05, 0) is 18.7 Å². The van der Waals surface area contributed by atoms with Gasteiger partial charge < -0.3 is 10.4 Å². The van der Waals surface area contributed by atoms with Crippen molar-refractivity contribution in [2.45, 2.75) is 13.3 Å². The van der Waals surface area contributed by atoms with Gasteiger partial charge in [0.05, 0.1) is 28.4 Å². The highest BCUT2D eigenvalue weighted by atomic mass is 32.1. The number of thiazole rings is 1. The number of hydrogen-bond donors (Lipinski definition) is 2. The Morgan fingerprint density at radius 3 is 2.95 bits per heavy atom. The molecule has 2 rings (SSSR count). The molecule has 0 bridgehead atoms. The highest BCUT2D eigenvalue weighted by Gasteiger charge is 2.08. The number of carbonyl (C=O) groups is 1. The van der Waals surface area contributed by atoms with E-state index in [-0.39, 0.29) is 12.5 Å². The molecule has 0 atom stereocenters. The normalized spacial score (nSPS) is 11.2. The van der Waals surface area contributed by atoms with Crippen LogP contribution >= 0.6 is 11.3 Å². The summed E-state index contributed by atoms with van der Waals surface area (Å²) < 4.78 is 1.18. The lowest BCUT2D eigenvalue weighted by atomic mass is 10.3. The number of amides is 1. The number of aliphatic hydroxyl groups excluding tert-OH is 1. The lowest BCUT2D eigenvalue weighted by Gasteiger charge is -2.18. The summed E-state index contributed by atoms with van der Waals surface area (Å²) in [5.41, 5.74) is 1.02. The van der Waals surface area contributed by atoms with Gasteiger partial charge in [-0.2, -0.15) is 0 Å². The Morgan fingerprint density at radius 2 is 2.24 bits per heavy atom. The summed E-state index contributed by atoms with van der Waals surface area (Å²) in [5, 5.41) is 12.8. The van der Waals surface area contributed by atoms with Crippen LogP contribution in [0.4, 0.5) is 0 Å². The molecule has 2 aromatic rings. The number of rotatable bonds is 8. The third kappa shape index (κ3) is 4.77. The number of aliphatic hydroxyl groups is 1. The first-order valence-electron chi connectivity index (χ1n) is 7.17. The van der Waals surface area contributed by atoms with Crippen LogP contribution in [0.15, 0.2) is 24.3 Å². The van der Waals surface area contributed by atoms with Gasteiger partial charge >= 0.3 is 0 Å². The van der Waals surface area contributed by atoms with Crippen molar-refractivity contribution in [2.24, 2.45) is 0 Å². The van der Waals surface area contributed by atoms with Crippen molar-refractivity contribution in [3.05, 3.63) is 29.3 Å². The standard InChI is InChI=1S/C15H21N3O2S/c1-2-18(9-10-19)11-14(20)16-8-7-15-17-12-5-3-4-6-13(12)21-15/h3-6,19H,2,7-11H2,1H3,(H,16,20). The Hall–Kier alpha value is -1.50. The molecule has 114 valence electrons. The summed E-state index contributed by atoms with van der Waals surface area (Å²) in [6.45, 7) is 4.26. The largest absolute Gasteiger partial charge is 0.395 e. The highest BCUT2D eigenvalue weighted by Crippen LogP contribution is 2.21. The van der Waals surface area contributed by atoms with Crippen LogP contribution in [0.2, 0.25) is 0 Å². The minimum atomic E-state index is -0.00795. The van der Waals surface area contributed by atoms with Crippen LogP contribution in [0.25, 0.3) is 10.2 Å². The second-order valence-electron chi connectivity index (χ2n) is 4.77. The van der Waals surface area contributed by atoms with E-state index >= 15 is 0 Å². The summed E-state index contributed by atoms with van der Waals surface area (Å²) >= 11 is 1.67. The smallest absolute Gasteiger partial charge is 0.234 e. The number of likely N-dealkylation sites (N-methyl/N-ethyl adjacent to an activating group) is 1. The lowest BCUT2D eigenvalue weighted by molar-refractivity contribution is -0.122. The van der Waals surface area contributed by atoms with E-state index in [0.717, 1.165) is 23.5 Å². The number of nitrogens with zero attached hydrogens (tertiary/aromatic N) is 2. The maximum Gasteiger partial charge on any atom is 0.234 e. The van der Waals surface area contributed by atoms with Crippen LogP contribution in [-0.2, 0) is 11.2 Å². The third-order valence-corrected chi connectivity index (χ3v) is 4.33. The molecule has 0 unspecified atom stereocenters. The molecule has 0 fully saturated rings. The SMILES string of the molecule is CCN(CCO)CC(=O)NCCc1nc2ccccc2s1. The van der Waals surface area contributed by atoms with Gasteiger partial charge in [-0.15, -0.1) is 11.3 Å². The molecule has 0 aliphatic rings. The van der Waals surface area contributed by atoms with Crippen LogP contribution in [0.5, 0.6) is 0 Å². The van der Waals surface area contributed by atoms with Crippen molar-refractivity contribution in [3.63, 3.8) is 0 Å². The molecular weight excluding hydrogens is 286 g/mol. The first-order valence-corrected chi connectivity index (χ1v) is 7.99. The molecule has 0 aliphatic heterocycles. The zero-order chi connectivity index (χ0) is 15.1. The molecule has 0 radical (unpaired) electrons. The summed E-state index contributed by atoms with van der Waals surface area (Å²) in [5.74, 6) is -0.00795. The number of carbonyl (C=O) groups excluding carboxylic acids is 1. The van der Waals surface area contributed by atoms with Gasteiger partial charge in [-0.3, -0.25) is 9.69 Å². The number of fused-ring (bicyclic) bond motifs is 1. The van der Waals surface area contributed by atoms with Gasteiger partial charge in [0.15, 0.2) is 0 Å². The molecule has 0 aliphatic carbocycles. The van der Waals surface area contributed by atoms with Crippen molar-refractivity contribution in [1.29, 1.82) is 0 Å². The van der Waals surface area contributed by atoms with E-state index in [9.17, 15) is 4.79 Å². The Balaban J connectivity index is 1.77. The van der Waals surface area contributed by atoms with Crippen LogP contribution in [0.1, 0.15) is 11.9 Å². The lowest BCUT2D eigenvalue weighted by Crippen LogP contribution is -2.39. The maximum atomic E-state index is 11.8. The monoisotopic (exact) mass is 307 g/mol. The van der Waals surface area contributed by atoms with E-state index in [1.165, 1.54) is 4.70 Å². The third-order valence-electron chi connectivity index (χ3n) is 3.23. The van der Waals surface area contributed by atoms with Gasteiger partial charge in [0.1, 0.15) is 0 Å². The molecule has 1 aromatic carbocycles. The molecule has 2 N–H and O–H groups in total. The van der Waals surface area contributed by atoms with Crippen molar-refractivity contribution in [2.75, 3.05) is 32.8 Å². The second kappa shape index (κ2) is 8.07. The zero-order valence-electron chi connectivity index (χ0n) is 12.2. The number of nitrogens with one attached hydrogen (secondary N) is 1. The fourth-order valence-electron chi connectivity index (χ4n) is 2.09. The van der Waals surface area contributed by atoms with Crippen LogP contribution in [0, 0.1) is 0 Å². The van der Waals surface area contributed by atoms with E-state index in [1.54, 1.807) is 11.3 Å². The average molecular weight is 307 g/mol. The number of aromatic nitrogens is 1. The summed E-state index contributed by atoms with van der Waals surface area (Å²) in [4.78, 5) is 18.2. The van der Waals surface area contributed by atoms with E-state index in [0.29, 0.717) is 19.6 Å². The van der Waals surface area contributed by atoms with E-state index < -0.39 is 0 Å². The minimum absolute atomic E-state index is 0.00795. The van der Waals surface area contributed by atoms with E-state index in [2.05, 4.69) is 16.4 Å². The van der Waals surface area contributed by atoms with E-state index in [1.807, 2.05) is 30.0 Å². The summed E-state index contributed by atoms with van der Waals surface area (Å²) in [6, 6.07) is 8.05. The number of para-hydroxylation sites is 1. The first-order chi connectivity index (χ1) is 10.2. The fourth-order valence-corrected chi connectivity index (χ4v) is 3.05. The number of benzene rings is 1. The average Bonchev–Trinajstić information content (AvgIpc) is 2.89. The van der Waals surface area contributed by atoms with Crippen molar-refractivity contribution < 1.29 is 9.90 Å².